The van der Waals surface area contributed by atoms with E-state index in [0.29, 0.717) is 16.7 Å². The maximum Gasteiger partial charge on any atom is 0.171 e. The van der Waals surface area contributed by atoms with Gasteiger partial charge < -0.3 is 10.6 Å². The van der Waals surface area contributed by atoms with Gasteiger partial charge in [0.25, 0.3) is 0 Å². The molecule has 19 heavy (non-hydrogen) atoms. The molecule has 0 bridgehead atoms. The molecule has 1 heterocycles. The molecule has 4 nitrogen and oxygen atoms in total. The number of anilines is 1. The zero-order valence-corrected chi connectivity index (χ0v) is 12.1. The predicted molar refractivity (Wildman–Crippen MR) is 82.4 cm³/mol. The van der Waals surface area contributed by atoms with Crippen LogP contribution in [0.1, 0.15) is 12.6 Å². The van der Waals surface area contributed by atoms with Crippen molar-refractivity contribution in [3.8, 4) is 0 Å². The summed E-state index contributed by atoms with van der Waals surface area (Å²) in [5, 5.41) is 11.8. The van der Waals surface area contributed by atoms with Gasteiger partial charge in [0, 0.05) is 23.5 Å². The summed E-state index contributed by atoms with van der Waals surface area (Å²) in [6.07, 6.45) is 1.95. The van der Waals surface area contributed by atoms with Crippen molar-refractivity contribution in [2.24, 2.45) is 0 Å². The van der Waals surface area contributed by atoms with Crippen molar-refractivity contribution in [3.63, 3.8) is 0 Å². The molecule has 0 saturated carbocycles. The van der Waals surface area contributed by atoms with Crippen molar-refractivity contribution in [1.82, 2.24) is 15.1 Å². The number of hydrogen-bond donors (Lipinski definition) is 2. The molecule has 2 aromatic rings. The van der Waals surface area contributed by atoms with Crippen molar-refractivity contribution < 1.29 is 0 Å². The van der Waals surface area contributed by atoms with E-state index in [9.17, 15) is 0 Å². The van der Waals surface area contributed by atoms with E-state index in [1.165, 1.54) is 0 Å². The average Bonchev–Trinajstić information content (AvgIpc) is 2.84. The SMILES string of the molecule is CCn1ccc(CNC(=S)Nc2cccc(Cl)c2)n1. The van der Waals surface area contributed by atoms with E-state index in [2.05, 4.69) is 22.7 Å². The van der Waals surface area contributed by atoms with Crippen LogP contribution in [0.25, 0.3) is 0 Å². The highest BCUT2D eigenvalue weighted by molar-refractivity contribution is 7.80. The normalized spacial score (nSPS) is 10.2. The van der Waals surface area contributed by atoms with Gasteiger partial charge in [-0.1, -0.05) is 17.7 Å². The van der Waals surface area contributed by atoms with E-state index in [1.54, 1.807) is 0 Å². The fourth-order valence-electron chi connectivity index (χ4n) is 1.59. The summed E-state index contributed by atoms with van der Waals surface area (Å²) in [5.41, 5.74) is 1.82. The van der Waals surface area contributed by atoms with Crippen molar-refractivity contribution in [1.29, 1.82) is 0 Å². The first-order valence-electron chi connectivity index (χ1n) is 6.00. The van der Waals surface area contributed by atoms with Gasteiger partial charge in [-0.3, -0.25) is 4.68 Å². The predicted octanol–water partition coefficient (Wildman–Crippen LogP) is 3.04. The number of benzene rings is 1. The lowest BCUT2D eigenvalue weighted by Crippen LogP contribution is -2.28. The van der Waals surface area contributed by atoms with Crippen molar-refractivity contribution in [2.45, 2.75) is 20.0 Å². The van der Waals surface area contributed by atoms with Crippen LogP contribution in [0.3, 0.4) is 0 Å². The quantitative estimate of drug-likeness (QED) is 0.851. The van der Waals surface area contributed by atoms with Gasteiger partial charge in [0.2, 0.25) is 0 Å². The first-order valence-corrected chi connectivity index (χ1v) is 6.78. The number of nitrogens with zero attached hydrogens (tertiary/aromatic N) is 2. The van der Waals surface area contributed by atoms with Crippen molar-refractivity contribution >= 4 is 34.6 Å². The Kier molecular flexibility index (Phi) is 4.76. The Morgan fingerprint density at radius 2 is 2.26 bits per heavy atom. The topological polar surface area (TPSA) is 41.9 Å². The number of rotatable bonds is 4. The highest BCUT2D eigenvalue weighted by Gasteiger charge is 2.01. The van der Waals surface area contributed by atoms with E-state index >= 15 is 0 Å². The number of halogens is 1. The molecule has 0 aliphatic heterocycles. The molecule has 0 spiro atoms. The fourth-order valence-corrected chi connectivity index (χ4v) is 1.97. The Morgan fingerprint density at radius 1 is 1.42 bits per heavy atom. The maximum atomic E-state index is 5.90. The van der Waals surface area contributed by atoms with Gasteiger partial charge in [0.1, 0.15) is 0 Å². The standard InChI is InChI=1S/C13H15ClN4S/c1-2-18-7-6-12(17-18)9-15-13(19)16-11-5-3-4-10(14)8-11/h3-8H,2,9H2,1H3,(H2,15,16,19). The van der Waals surface area contributed by atoms with Gasteiger partial charge in [-0.15, -0.1) is 0 Å². The Balaban J connectivity index is 1.84. The van der Waals surface area contributed by atoms with Gasteiger partial charge in [-0.05, 0) is 43.4 Å². The molecule has 0 radical (unpaired) electrons. The van der Waals surface area contributed by atoms with Crippen LogP contribution in [0.4, 0.5) is 5.69 Å². The number of aryl methyl sites for hydroxylation is 1. The number of aromatic nitrogens is 2. The van der Waals surface area contributed by atoms with E-state index < -0.39 is 0 Å². The zero-order chi connectivity index (χ0) is 13.7. The smallest absolute Gasteiger partial charge is 0.171 e. The number of nitrogens with one attached hydrogen (secondary N) is 2. The molecule has 0 fully saturated rings. The van der Waals surface area contributed by atoms with Gasteiger partial charge in [-0.25, -0.2) is 0 Å². The summed E-state index contributed by atoms with van der Waals surface area (Å²) in [4.78, 5) is 0. The highest BCUT2D eigenvalue weighted by atomic mass is 35.5. The van der Waals surface area contributed by atoms with Crippen LogP contribution in [0.2, 0.25) is 5.02 Å². The van der Waals surface area contributed by atoms with Crippen LogP contribution in [0.15, 0.2) is 36.5 Å². The Labute approximate surface area is 122 Å². The third-order valence-electron chi connectivity index (χ3n) is 2.53. The molecule has 2 rings (SSSR count). The molecule has 0 unspecified atom stereocenters. The van der Waals surface area contributed by atoms with Crippen LogP contribution in [-0.4, -0.2) is 14.9 Å². The van der Waals surface area contributed by atoms with Gasteiger partial charge >= 0.3 is 0 Å². The first kappa shape index (κ1) is 13.8. The molecule has 0 amide bonds. The zero-order valence-electron chi connectivity index (χ0n) is 10.6. The van der Waals surface area contributed by atoms with E-state index in [1.807, 2.05) is 41.2 Å². The second-order valence-corrected chi connectivity index (χ2v) is 4.83. The summed E-state index contributed by atoms with van der Waals surface area (Å²) in [6.45, 7) is 3.51. The lowest BCUT2D eigenvalue weighted by Gasteiger charge is -2.09. The number of hydrogen-bond acceptors (Lipinski definition) is 2. The second kappa shape index (κ2) is 6.54. The van der Waals surface area contributed by atoms with E-state index in [4.69, 9.17) is 23.8 Å². The van der Waals surface area contributed by atoms with Crippen molar-refractivity contribution in [2.75, 3.05) is 5.32 Å². The molecular formula is C13H15ClN4S. The first-order chi connectivity index (χ1) is 9.17. The summed E-state index contributed by atoms with van der Waals surface area (Å²) >= 11 is 11.1. The fraction of sp³-hybridized carbons (Fsp3) is 0.231. The van der Waals surface area contributed by atoms with Crippen LogP contribution < -0.4 is 10.6 Å². The lowest BCUT2D eigenvalue weighted by atomic mass is 10.3. The molecule has 0 atom stereocenters. The summed E-state index contributed by atoms with van der Waals surface area (Å²) < 4.78 is 1.88. The molecule has 0 aliphatic carbocycles. The van der Waals surface area contributed by atoms with Crippen LogP contribution in [0, 0.1) is 0 Å². The molecule has 1 aromatic carbocycles. The van der Waals surface area contributed by atoms with Gasteiger partial charge in [0.15, 0.2) is 5.11 Å². The molecule has 100 valence electrons. The minimum absolute atomic E-state index is 0.549. The lowest BCUT2D eigenvalue weighted by molar-refractivity contribution is 0.643. The molecule has 0 saturated heterocycles. The van der Waals surface area contributed by atoms with Crippen LogP contribution in [0.5, 0.6) is 0 Å². The Morgan fingerprint density at radius 3 is 2.95 bits per heavy atom. The monoisotopic (exact) mass is 294 g/mol. The van der Waals surface area contributed by atoms with E-state index in [-0.39, 0.29) is 0 Å². The van der Waals surface area contributed by atoms with Gasteiger partial charge in [-0.2, -0.15) is 5.10 Å². The van der Waals surface area contributed by atoms with Crippen LogP contribution in [-0.2, 0) is 13.1 Å². The van der Waals surface area contributed by atoms with Gasteiger partial charge in [0.05, 0.1) is 12.2 Å². The summed E-state index contributed by atoms with van der Waals surface area (Å²) in [6, 6.07) is 9.39. The molecular weight excluding hydrogens is 280 g/mol. The molecule has 6 heteroatoms. The second-order valence-electron chi connectivity index (χ2n) is 3.98. The molecule has 2 N–H and O–H groups in total. The summed E-state index contributed by atoms with van der Waals surface area (Å²) in [5.74, 6) is 0. The Bertz CT molecular complexity index is 567. The molecule has 0 aliphatic rings. The van der Waals surface area contributed by atoms with E-state index in [0.717, 1.165) is 17.9 Å². The number of thiocarbonyl (C=S) groups is 1. The highest BCUT2D eigenvalue weighted by Crippen LogP contribution is 2.14. The third kappa shape index (κ3) is 4.22. The summed E-state index contributed by atoms with van der Waals surface area (Å²) in [7, 11) is 0. The minimum atomic E-state index is 0.549. The van der Waals surface area contributed by atoms with Crippen molar-refractivity contribution in [3.05, 3.63) is 47.2 Å². The van der Waals surface area contributed by atoms with Crippen LogP contribution >= 0.6 is 23.8 Å². The average molecular weight is 295 g/mol. The largest absolute Gasteiger partial charge is 0.357 e. The Hall–Kier alpha value is -1.59. The maximum absolute atomic E-state index is 5.90. The third-order valence-corrected chi connectivity index (χ3v) is 3.01. The minimum Gasteiger partial charge on any atom is -0.357 e. The molecule has 1 aromatic heterocycles.